The molecule has 122 valence electrons. The van der Waals surface area contributed by atoms with Gasteiger partial charge in [0.25, 0.3) is 0 Å². The number of carbonyl (C=O) groups is 1. The van der Waals surface area contributed by atoms with Crippen LogP contribution in [0.5, 0.6) is 0 Å². The summed E-state index contributed by atoms with van der Waals surface area (Å²) < 4.78 is 0. The Bertz CT molecular complexity index is 515. The Labute approximate surface area is 135 Å². The first-order valence-corrected chi connectivity index (χ1v) is 9.12. The van der Waals surface area contributed by atoms with Crippen molar-refractivity contribution in [2.75, 3.05) is 18.0 Å². The third kappa shape index (κ3) is 3.10. The van der Waals surface area contributed by atoms with E-state index in [1.54, 1.807) is 4.90 Å². The molecule has 22 heavy (non-hydrogen) atoms. The van der Waals surface area contributed by atoms with E-state index in [2.05, 4.69) is 17.1 Å². The zero-order valence-corrected chi connectivity index (χ0v) is 13.9. The number of aliphatic hydroxyl groups excluding tert-OH is 1. The normalized spacial score (nSPS) is 23.5. The van der Waals surface area contributed by atoms with E-state index in [4.69, 9.17) is 0 Å². The van der Waals surface area contributed by atoms with Gasteiger partial charge in [0.2, 0.25) is 5.13 Å². The molecule has 1 saturated carbocycles. The summed E-state index contributed by atoms with van der Waals surface area (Å²) in [5.74, 6) is 0.478. The predicted molar refractivity (Wildman–Crippen MR) is 86.1 cm³/mol. The van der Waals surface area contributed by atoms with Crippen LogP contribution in [0.4, 0.5) is 9.93 Å². The molecule has 1 saturated heterocycles. The first-order valence-electron chi connectivity index (χ1n) is 8.30. The first-order chi connectivity index (χ1) is 10.7. The van der Waals surface area contributed by atoms with Gasteiger partial charge in [-0.3, -0.25) is 0 Å². The molecule has 6 nitrogen and oxygen atoms in total. The number of nitrogens with zero attached hydrogens (tertiary/aromatic N) is 4. The Morgan fingerprint density at radius 3 is 2.77 bits per heavy atom. The summed E-state index contributed by atoms with van der Waals surface area (Å²) in [7, 11) is 0. The van der Waals surface area contributed by atoms with Crippen LogP contribution in [0.2, 0.25) is 0 Å². The van der Waals surface area contributed by atoms with Gasteiger partial charge in [0.05, 0.1) is 6.54 Å². The van der Waals surface area contributed by atoms with Crippen molar-refractivity contribution in [2.24, 2.45) is 0 Å². The van der Waals surface area contributed by atoms with Gasteiger partial charge in [-0.25, -0.2) is 9.69 Å². The van der Waals surface area contributed by atoms with Gasteiger partial charge < -0.3 is 10.0 Å². The molecule has 0 bridgehead atoms. The van der Waals surface area contributed by atoms with Gasteiger partial charge in [-0.1, -0.05) is 43.9 Å². The highest BCUT2D eigenvalue weighted by Crippen LogP contribution is 2.37. The number of hydrogen-bond donors (Lipinski definition) is 1. The fraction of sp³-hybridized carbons (Fsp3) is 0.800. The number of anilines is 1. The van der Waals surface area contributed by atoms with Crippen molar-refractivity contribution in [1.82, 2.24) is 15.1 Å². The lowest BCUT2D eigenvalue weighted by molar-refractivity contribution is 0.176. The van der Waals surface area contributed by atoms with Gasteiger partial charge in [0, 0.05) is 12.5 Å². The molecule has 2 heterocycles. The standard InChI is InChI=1S/C15H24N4O2S/c1-2-3-9-18-10-12(20)19(15(18)21)14-17-16-13(22-14)11-7-5-4-6-8-11/h11-12,20H,2-10H2,1H3. The molecular weight excluding hydrogens is 300 g/mol. The molecule has 2 aliphatic rings. The van der Waals surface area contributed by atoms with Gasteiger partial charge in [0.15, 0.2) is 6.23 Å². The highest BCUT2D eigenvalue weighted by molar-refractivity contribution is 7.15. The monoisotopic (exact) mass is 324 g/mol. The van der Waals surface area contributed by atoms with Crippen LogP contribution in [0.15, 0.2) is 0 Å². The van der Waals surface area contributed by atoms with Crippen LogP contribution in [0, 0.1) is 0 Å². The average Bonchev–Trinajstić information content (AvgIpc) is 3.11. The molecule has 1 aromatic rings. The zero-order valence-electron chi connectivity index (χ0n) is 13.1. The second kappa shape index (κ2) is 6.91. The summed E-state index contributed by atoms with van der Waals surface area (Å²) in [6, 6.07) is -0.146. The zero-order chi connectivity index (χ0) is 15.5. The lowest BCUT2D eigenvalue weighted by Crippen LogP contribution is -2.35. The number of hydrogen-bond acceptors (Lipinski definition) is 5. The molecule has 1 aliphatic heterocycles. The topological polar surface area (TPSA) is 69.6 Å². The minimum absolute atomic E-state index is 0.146. The molecule has 1 aliphatic carbocycles. The van der Waals surface area contributed by atoms with Crippen LogP contribution >= 0.6 is 11.3 Å². The fourth-order valence-corrected chi connectivity index (χ4v) is 4.27. The van der Waals surface area contributed by atoms with Crippen LogP contribution in [0.25, 0.3) is 0 Å². The number of amides is 2. The maximum atomic E-state index is 12.4. The van der Waals surface area contributed by atoms with Gasteiger partial charge in [-0.15, -0.1) is 10.2 Å². The SMILES string of the molecule is CCCCN1CC(O)N(c2nnc(C3CCCCC3)s2)C1=O. The van der Waals surface area contributed by atoms with Crippen LogP contribution in [0.1, 0.15) is 62.8 Å². The van der Waals surface area contributed by atoms with Crippen molar-refractivity contribution in [3.63, 3.8) is 0 Å². The van der Waals surface area contributed by atoms with Gasteiger partial charge in [0.1, 0.15) is 5.01 Å². The third-order valence-corrected chi connectivity index (χ3v) is 5.62. The van der Waals surface area contributed by atoms with Crippen LogP contribution in [0.3, 0.4) is 0 Å². The van der Waals surface area contributed by atoms with Crippen molar-refractivity contribution in [2.45, 2.75) is 64.0 Å². The quantitative estimate of drug-likeness (QED) is 0.904. The van der Waals surface area contributed by atoms with E-state index < -0.39 is 6.23 Å². The minimum atomic E-state index is -0.809. The summed E-state index contributed by atoms with van der Waals surface area (Å²) in [5.41, 5.74) is 0. The van der Waals surface area contributed by atoms with E-state index in [0.717, 1.165) is 30.7 Å². The molecule has 7 heteroatoms. The first kappa shape index (κ1) is 15.7. The number of aromatic nitrogens is 2. The Morgan fingerprint density at radius 2 is 2.05 bits per heavy atom. The molecule has 0 spiro atoms. The molecule has 1 atom stereocenters. The van der Waals surface area contributed by atoms with E-state index >= 15 is 0 Å². The molecular formula is C15H24N4O2S. The number of carbonyl (C=O) groups excluding carboxylic acids is 1. The Balaban J connectivity index is 1.70. The molecule has 1 aromatic heterocycles. The summed E-state index contributed by atoms with van der Waals surface area (Å²) in [6.45, 7) is 3.14. The summed E-state index contributed by atoms with van der Waals surface area (Å²) in [5, 5.41) is 20.2. The van der Waals surface area contributed by atoms with Crippen LogP contribution in [-0.2, 0) is 0 Å². The number of urea groups is 1. The fourth-order valence-electron chi connectivity index (χ4n) is 3.22. The van der Waals surface area contributed by atoms with E-state index in [0.29, 0.717) is 24.1 Å². The highest BCUT2D eigenvalue weighted by atomic mass is 32.1. The van der Waals surface area contributed by atoms with Crippen molar-refractivity contribution in [3.05, 3.63) is 5.01 Å². The van der Waals surface area contributed by atoms with E-state index in [-0.39, 0.29) is 6.03 Å². The Morgan fingerprint density at radius 1 is 1.27 bits per heavy atom. The summed E-state index contributed by atoms with van der Waals surface area (Å²) in [6.07, 6.45) is 7.29. The van der Waals surface area contributed by atoms with E-state index in [9.17, 15) is 9.90 Å². The third-order valence-electron chi connectivity index (χ3n) is 4.53. The van der Waals surface area contributed by atoms with Gasteiger partial charge in [-0.05, 0) is 19.3 Å². The van der Waals surface area contributed by atoms with E-state index in [1.807, 2.05) is 0 Å². The van der Waals surface area contributed by atoms with Crippen LogP contribution in [-0.4, -0.2) is 45.6 Å². The maximum Gasteiger partial charge on any atom is 0.328 e. The largest absolute Gasteiger partial charge is 0.371 e. The lowest BCUT2D eigenvalue weighted by Gasteiger charge is -2.18. The molecule has 3 rings (SSSR count). The molecule has 1 N–H and O–H groups in total. The highest BCUT2D eigenvalue weighted by Gasteiger charge is 2.39. The minimum Gasteiger partial charge on any atom is -0.371 e. The Kier molecular flexibility index (Phi) is 4.93. The number of aliphatic hydroxyl groups is 1. The second-order valence-corrected chi connectivity index (χ2v) is 7.18. The number of β-amino-alcohol motifs (C(OH)–C–C–N with tert-alkyl or cyclic N) is 1. The Hall–Kier alpha value is -1.21. The summed E-state index contributed by atoms with van der Waals surface area (Å²) >= 11 is 1.47. The van der Waals surface area contributed by atoms with Gasteiger partial charge >= 0.3 is 6.03 Å². The second-order valence-electron chi connectivity index (χ2n) is 6.19. The number of unbranched alkanes of at least 4 members (excludes halogenated alkanes) is 1. The van der Waals surface area contributed by atoms with Crippen molar-refractivity contribution in [3.8, 4) is 0 Å². The summed E-state index contributed by atoms with van der Waals surface area (Å²) in [4.78, 5) is 15.5. The van der Waals surface area contributed by atoms with Gasteiger partial charge in [-0.2, -0.15) is 0 Å². The van der Waals surface area contributed by atoms with E-state index in [1.165, 1.54) is 35.5 Å². The predicted octanol–water partition coefficient (Wildman–Crippen LogP) is 2.95. The lowest BCUT2D eigenvalue weighted by atomic mass is 9.90. The average molecular weight is 324 g/mol. The smallest absolute Gasteiger partial charge is 0.328 e. The van der Waals surface area contributed by atoms with Crippen molar-refractivity contribution < 1.29 is 9.90 Å². The molecule has 2 amide bonds. The molecule has 0 aromatic carbocycles. The maximum absolute atomic E-state index is 12.4. The molecule has 1 unspecified atom stereocenters. The molecule has 0 radical (unpaired) electrons. The van der Waals surface area contributed by atoms with Crippen LogP contribution < -0.4 is 4.90 Å². The molecule has 2 fully saturated rings. The number of rotatable bonds is 5. The van der Waals surface area contributed by atoms with Crippen molar-refractivity contribution >= 4 is 22.5 Å². The van der Waals surface area contributed by atoms with Crippen molar-refractivity contribution in [1.29, 1.82) is 0 Å².